The minimum Gasteiger partial charge on any atom is -0.379 e. The molecule has 22 heavy (non-hydrogen) atoms. The molecule has 0 saturated heterocycles. The molecule has 0 unspecified atom stereocenters. The summed E-state index contributed by atoms with van der Waals surface area (Å²) in [5.41, 5.74) is 4.67. The first-order chi connectivity index (χ1) is 10.4. The maximum absolute atomic E-state index is 12.6. The first-order valence-corrected chi connectivity index (χ1v) is 5.72. The van der Waals surface area contributed by atoms with E-state index in [4.69, 9.17) is 5.73 Å². The first kappa shape index (κ1) is 13.9. The molecule has 3 aromatic rings. The first-order valence-electron chi connectivity index (χ1n) is 5.72. The average Bonchev–Trinajstić information content (AvgIpc) is 3.04. The number of nitrogens with two attached hydrogens (primary N) is 1. The molecule has 0 aliphatic heterocycles. The van der Waals surface area contributed by atoms with E-state index in [0.717, 1.165) is 28.8 Å². The lowest BCUT2D eigenvalue weighted by molar-refractivity contribution is -0.137. The van der Waals surface area contributed by atoms with Crippen molar-refractivity contribution in [2.45, 2.75) is 6.18 Å². The molecule has 0 bridgehead atoms. The van der Waals surface area contributed by atoms with E-state index in [1.807, 2.05) is 0 Å². The molecule has 2 heterocycles. The fourth-order valence-electron chi connectivity index (χ4n) is 1.78. The Morgan fingerprint density at radius 1 is 1.09 bits per heavy atom. The van der Waals surface area contributed by atoms with Gasteiger partial charge in [-0.2, -0.15) is 13.2 Å². The van der Waals surface area contributed by atoms with Gasteiger partial charge in [0, 0.05) is 0 Å². The van der Waals surface area contributed by atoms with Crippen LogP contribution in [0.1, 0.15) is 5.56 Å². The van der Waals surface area contributed by atoms with Gasteiger partial charge in [-0.3, -0.25) is 4.52 Å². The molecule has 0 aliphatic rings. The Morgan fingerprint density at radius 2 is 1.77 bits per heavy atom. The second kappa shape index (κ2) is 4.72. The number of benzene rings is 1. The number of hydrogen-bond donors (Lipinski definition) is 1. The van der Waals surface area contributed by atoms with E-state index >= 15 is 0 Å². The maximum Gasteiger partial charge on any atom is 0.446 e. The third-order valence-electron chi connectivity index (χ3n) is 2.78. The van der Waals surface area contributed by atoms with Gasteiger partial charge in [0.25, 0.3) is 0 Å². The fraction of sp³-hybridized carbons (Fsp3) is 0.0909. The third-order valence-corrected chi connectivity index (χ3v) is 2.78. The molecule has 8 nitrogen and oxygen atoms in total. The average molecular weight is 313 g/mol. The van der Waals surface area contributed by atoms with Gasteiger partial charge in [-0.05, 0) is 34.6 Å². The van der Waals surface area contributed by atoms with Crippen LogP contribution in [0.5, 0.6) is 0 Å². The number of hydrogen-bond acceptors (Lipinski definition) is 7. The Balaban J connectivity index is 2.12. The van der Waals surface area contributed by atoms with Crippen molar-refractivity contribution < 1.29 is 22.3 Å². The number of nitrogen functional groups attached to an aromatic ring is 1. The quantitative estimate of drug-likeness (QED) is 0.762. The Bertz CT molecular complexity index is 862. The fourth-order valence-corrected chi connectivity index (χ4v) is 1.78. The van der Waals surface area contributed by atoms with Gasteiger partial charge >= 0.3 is 11.9 Å². The zero-order valence-electron chi connectivity index (χ0n) is 10.5. The van der Waals surface area contributed by atoms with Gasteiger partial charge in [-0.1, -0.05) is 5.16 Å². The summed E-state index contributed by atoms with van der Waals surface area (Å²) in [4.78, 5) is 11.7. The number of alkyl halides is 3. The Kier molecular flexibility index (Phi) is 2.97. The van der Waals surface area contributed by atoms with Crippen LogP contribution >= 0.6 is 0 Å². The predicted octanol–water partition coefficient (Wildman–Crippen LogP) is 1.48. The van der Waals surface area contributed by atoms with E-state index in [9.17, 15) is 18.0 Å². The summed E-state index contributed by atoms with van der Waals surface area (Å²) in [6.07, 6.45) is -4.48. The van der Waals surface area contributed by atoms with Crippen molar-refractivity contribution in [1.29, 1.82) is 0 Å². The molecule has 0 fully saturated rings. The van der Waals surface area contributed by atoms with Crippen LogP contribution in [0.4, 0.5) is 19.0 Å². The van der Waals surface area contributed by atoms with Crippen molar-refractivity contribution in [3.05, 3.63) is 40.4 Å². The van der Waals surface area contributed by atoms with Crippen molar-refractivity contribution >= 4 is 5.82 Å². The molecule has 11 heteroatoms. The molecule has 0 amide bonds. The van der Waals surface area contributed by atoms with Gasteiger partial charge in [0.1, 0.15) is 0 Å². The van der Waals surface area contributed by atoms with E-state index in [2.05, 4.69) is 24.6 Å². The largest absolute Gasteiger partial charge is 0.446 e. The molecular weight excluding hydrogens is 307 g/mol. The van der Waals surface area contributed by atoms with Crippen LogP contribution in [-0.4, -0.2) is 20.0 Å². The lowest BCUT2D eigenvalue weighted by Crippen LogP contribution is -2.14. The molecule has 3 rings (SSSR count). The van der Waals surface area contributed by atoms with Gasteiger partial charge in [-0.15, -0.1) is 0 Å². The summed E-state index contributed by atoms with van der Waals surface area (Å²) in [6.45, 7) is 0. The topological polar surface area (TPSA) is 113 Å². The van der Waals surface area contributed by atoms with Gasteiger partial charge in [0.05, 0.1) is 11.3 Å². The molecule has 1 aromatic carbocycles. The molecule has 2 aromatic heterocycles. The van der Waals surface area contributed by atoms with Crippen LogP contribution < -0.4 is 11.5 Å². The zero-order chi connectivity index (χ0) is 15.9. The van der Waals surface area contributed by atoms with E-state index < -0.39 is 17.5 Å². The number of halogens is 3. The predicted molar refractivity (Wildman–Crippen MR) is 64.8 cm³/mol. The summed E-state index contributed by atoms with van der Waals surface area (Å²) >= 11 is 0. The van der Waals surface area contributed by atoms with Crippen molar-refractivity contribution in [2.24, 2.45) is 0 Å². The van der Waals surface area contributed by atoms with Crippen molar-refractivity contribution in [3.63, 3.8) is 0 Å². The highest BCUT2D eigenvalue weighted by Crippen LogP contribution is 2.30. The van der Waals surface area contributed by atoms with E-state index in [0.29, 0.717) is 0 Å². The normalized spacial score (nSPS) is 11.8. The van der Waals surface area contributed by atoms with Crippen LogP contribution in [0, 0.1) is 0 Å². The van der Waals surface area contributed by atoms with Crippen molar-refractivity contribution in [2.75, 3.05) is 5.73 Å². The highest BCUT2D eigenvalue weighted by molar-refractivity contribution is 5.63. The van der Waals surface area contributed by atoms with Gasteiger partial charge < -0.3 is 5.73 Å². The molecule has 2 N–H and O–H groups in total. The van der Waals surface area contributed by atoms with Crippen LogP contribution in [-0.2, 0) is 6.18 Å². The van der Waals surface area contributed by atoms with Crippen LogP contribution in [0.2, 0.25) is 0 Å². The second-order valence-corrected chi connectivity index (χ2v) is 4.15. The van der Waals surface area contributed by atoms with Crippen LogP contribution in [0.3, 0.4) is 0 Å². The van der Waals surface area contributed by atoms with Gasteiger partial charge in [-0.25, -0.2) is 14.0 Å². The highest BCUT2D eigenvalue weighted by Gasteiger charge is 2.30. The molecule has 114 valence electrons. The number of aromatic nitrogens is 4. The SMILES string of the molecule is Nc1nonc1-c1noc(=O)n1-c1ccc(C(F)(F)F)cc1. The van der Waals surface area contributed by atoms with Gasteiger partial charge in [0.2, 0.25) is 5.82 Å². The van der Waals surface area contributed by atoms with E-state index in [1.54, 1.807) is 0 Å². The molecular formula is C11H6F3N5O3. The summed E-state index contributed by atoms with van der Waals surface area (Å²) in [5, 5.41) is 10.3. The molecule has 0 radical (unpaired) electrons. The lowest BCUT2D eigenvalue weighted by Gasteiger charge is -2.07. The van der Waals surface area contributed by atoms with Crippen molar-refractivity contribution in [1.82, 2.24) is 20.0 Å². The summed E-state index contributed by atoms with van der Waals surface area (Å²) in [5.74, 6) is -1.20. The Hall–Kier alpha value is -3.11. The summed E-state index contributed by atoms with van der Waals surface area (Å²) in [7, 11) is 0. The number of anilines is 1. The molecule has 0 aliphatic carbocycles. The minimum absolute atomic E-state index is 0.0641. The summed E-state index contributed by atoms with van der Waals surface area (Å²) < 4.78 is 47.4. The Labute approximate surface area is 118 Å². The Morgan fingerprint density at radius 3 is 2.32 bits per heavy atom. The van der Waals surface area contributed by atoms with Crippen molar-refractivity contribution in [3.8, 4) is 17.2 Å². The minimum atomic E-state index is -4.48. The molecule has 0 spiro atoms. The highest BCUT2D eigenvalue weighted by atomic mass is 19.4. The summed E-state index contributed by atoms with van der Waals surface area (Å²) in [6, 6.07) is 3.83. The molecule has 0 atom stereocenters. The zero-order valence-corrected chi connectivity index (χ0v) is 10.5. The van der Waals surface area contributed by atoms with Crippen LogP contribution in [0.15, 0.2) is 38.2 Å². The number of nitrogens with zero attached hydrogens (tertiary/aromatic N) is 4. The lowest BCUT2D eigenvalue weighted by atomic mass is 10.2. The smallest absolute Gasteiger partial charge is 0.379 e. The standard InChI is InChI=1S/C11H6F3N5O3/c12-11(13,14)5-1-3-6(4-2-5)19-9(18-21-10(19)20)7-8(15)17-22-16-7/h1-4H,(H2,15,17). The van der Waals surface area contributed by atoms with E-state index in [1.165, 1.54) is 0 Å². The van der Waals surface area contributed by atoms with E-state index in [-0.39, 0.29) is 23.0 Å². The second-order valence-electron chi connectivity index (χ2n) is 4.15. The maximum atomic E-state index is 12.6. The molecule has 0 saturated carbocycles. The van der Waals surface area contributed by atoms with Gasteiger partial charge in [0.15, 0.2) is 11.5 Å². The van der Waals surface area contributed by atoms with Crippen LogP contribution in [0.25, 0.3) is 17.2 Å². The number of rotatable bonds is 2. The monoisotopic (exact) mass is 313 g/mol. The third kappa shape index (κ3) is 2.21.